The van der Waals surface area contributed by atoms with E-state index in [4.69, 9.17) is 9.47 Å². The van der Waals surface area contributed by atoms with Gasteiger partial charge in [0.2, 0.25) is 0 Å². The minimum atomic E-state index is -0.353. The number of benzene rings is 1. The maximum atomic E-state index is 12.3. The van der Waals surface area contributed by atoms with Crippen LogP contribution in [0, 0.1) is 0 Å². The first-order valence-electron chi connectivity index (χ1n) is 6.48. The number of hydrogen-bond acceptors (Lipinski definition) is 4. The molecule has 1 aromatic carbocycles. The van der Waals surface area contributed by atoms with Crippen molar-refractivity contribution in [3.05, 3.63) is 35.4 Å². The largest absolute Gasteiger partial charge is 0.350 e. The highest BCUT2D eigenvalue weighted by Gasteiger charge is 2.41. The number of ether oxygens (including phenoxy) is 2. The fourth-order valence-electron chi connectivity index (χ4n) is 2.48. The molecular weight excluding hydrogens is 326 g/mol. The van der Waals surface area contributed by atoms with Crippen molar-refractivity contribution in [1.29, 1.82) is 0 Å². The summed E-state index contributed by atoms with van der Waals surface area (Å²) in [5.41, 5.74) is 0.917. The van der Waals surface area contributed by atoms with Gasteiger partial charge in [-0.3, -0.25) is 14.5 Å². The van der Waals surface area contributed by atoms with Crippen molar-refractivity contribution in [1.82, 2.24) is 4.90 Å². The molecule has 2 aliphatic rings. The van der Waals surface area contributed by atoms with Crippen LogP contribution in [-0.2, 0) is 9.47 Å². The fourth-order valence-corrected chi connectivity index (χ4v) is 2.85. The summed E-state index contributed by atoms with van der Waals surface area (Å²) in [5.74, 6) is -0.525. The third-order valence-corrected chi connectivity index (χ3v) is 3.94. The average molecular weight is 340 g/mol. The first-order valence-corrected chi connectivity index (χ1v) is 7.60. The summed E-state index contributed by atoms with van der Waals surface area (Å²) in [6, 6.07) is 6.51. The molecule has 1 saturated heterocycles. The minimum absolute atomic E-state index is 0.262. The molecule has 6 heteroatoms. The molecule has 0 atom stereocenters. The van der Waals surface area contributed by atoms with Crippen molar-refractivity contribution in [2.75, 3.05) is 18.5 Å². The van der Waals surface area contributed by atoms with Gasteiger partial charge in [0.25, 0.3) is 11.8 Å². The highest BCUT2D eigenvalue weighted by atomic mass is 79.9. The van der Waals surface area contributed by atoms with Crippen molar-refractivity contribution in [2.24, 2.45) is 0 Å². The lowest BCUT2D eigenvalue weighted by molar-refractivity contribution is -0.197. The molecule has 0 saturated carbocycles. The Kier molecular flexibility index (Phi) is 3.87. The van der Waals surface area contributed by atoms with E-state index in [1.54, 1.807) is 24.3 Å². The molecule has 0 aliphatic carbocycles. The Balaban J connectivity index is 1.74. The fraction of sp³-hybridized carbons (Fsp3) is 0.429. The van der Waals surface area contributed by atoms with Gasteiger partial charge in [-0.25, -0.2) is 0 Å². The summed E-state index contributed by atoms with van der Waals surface area (Å²) >= 11 is 3.33. The number of halogens is 1. The topological polar surface area (TPSA) is 55.8 Å². The van der Waals surface area contributed by atoms with Gasteiger partial charge in [0.1, 0.15) is 0 Å². The van der Waals surface area contributed by atoms with Gasteiger partial charge < -0.3 is 9.47 Å². The van der Waals surface area contributed by atoms with E-state index in [2.05, 4.69) is 15.9 Å². The van der Waals surface area contributed by atoms with Crippen molar-refractivity contribution >= 4 is 27.7 Å². The van der Waals surface area contributed by atoms with E-state index >= 15 is 0 Å². The lowest BCUT2D eigenvalue weighted by Crippen LogP contribution is -2.49. The summed E-state index contributed by atoms with van der Waals surface area (Å²) in [7, 11) is 0. The Bertz CT molecular complexity index is 505. The van der Waals surface area contributed by atoms with Crippen LogP contribution in [0.3, 0.4) is 0 Å². The molecule has 0 spiro atoms. The van der Waals surface area contributed by atoms with E-state index in [9.17, 15) is 9.59 Å². The first kappa shape index (κ1) is 13.7. The Morgan fingerprint density at radius 3 is 2.15 bits per heavy atom. The van der Waals surface area contributed by atoms with Crippen molar-refractivity contribution in [3.63, 3.8) is 0 Å². The molecule has 0 N–H and O–H groups in total. The smallest absolute Gasteiger partial charge is 0.261 e. The highest BCUT2D eigenvalue weighted by Crippen LogP contribution is 2.26. The summed E-state index contributed by atoms with van der Waals surface area (Å²) in [6.45, 7) is 0.645. The number of amides is 2. The third kappa shape index (κ3) is 2.28. The molecule has 5 nitrogen and oxygen atoms in total. The molecule has 1 fully saturated rings. The van der Waals surface area contributed by atoms with Gasteiger partial charge in [-0.05, 0) is 12.1 Å². The molecule has 0 bridgehead atoms. The molecule has 2 amide bonds. The van der Waals surface area contributed by atoms with Crippen LogP contribution < -0.4 is 0 Å². The van der Waals surface area contributed by atoms with Crippen LogP contribution in [0.5, 0.6) is 0 Å². The molecule has 0 unspecified atom stereocenters. The maximum absolute atomic E-state index is 12.3. The van der Waals surface area contributed by atoms with Gasteiger partial charge in [0, 0.05) is 11.8 Å². The molecule has 0 aromatic heterocycles. The van der Waals surface area contributed by atoms with Gasteiger partial charge in [-0.1, -0.05) is 28.1 Å². The zero-order chi connectivity index (χ0) is 14.1. The van der Waals surface area contributed by atoms with Crippen molar-refractivity contribution in [2.45, 2.75) is 18.8 Å². The average Bonchev–Trinajstić information content (AvgIpc) is 2.73. The van der Waals surface area contributed by atoms with Crippen LogP contribution in [0.1, 0.15) is 27.1 Å². The lowest BCUT2D eigenvalue weighted by Gasteiger charge is -2.33. The normalized spacial score (nSPS) is 25.9. The van der Waals surface area contributed by atoms with Crippen LogP contribution in [0.25, 0.3) is 0 Å². The third-order valence-electron chi connectivity index (χ3n) is 3.48. The van der Waals surface area contributed by atoms with E-state index in [1.807, 2.05) is 0 Å². The number of imide groups is 1. The Morgan fingerprint density at radius 2 is 1.65 bits per heavy atom. The van der Waals surface area contributed by atoms with Crippen LogP contribution in [-0.4, -0.2) is 47.6 Å². The zero-order valence-corrected chi connectivity index (χ0v) is 12.3. The summed E-state index contributed by atoms with van der Waals surface area (Å²) in [5, 5.41) is 0.787. The van der Waals surface area contributed by atoms with Gasteiger partial charge >= 0.3 is 0 Å². The van der Waals surface area contributed by atoms with Crippen LogP contribution in [0.4, 0.5) is 0 Å². The first-order chi connectivity index (χ1) is 9.72. The van der Waals surface area contributed by atoms with Crippen LogP contribution in [0.2, 0.25) is 0 Å². The monoisotopic (exact) mass is 339 g/mol. The minimum Gasteiger partial charge on any atom is -0.350 e. The highest BCUT2D eigenvalue weighted by molar-refractivity contribution is 9.09. The van der Waals surface area contributed by atoms with Gasteiger partial charge in [0.15, 0.2) is 6.29 Å². The van der Waals surface area contributed by atoms with E-state index < -0.39 is 0 Å². The Hall–Kier alpha value is -1.24. The van der Waals surface area contributed by atoms with Crippen molar-refractivity contribution < 1.29 is 19.1 Å². The lowest BCUT2D eigenvalue weighted by atomic mass is 10.1. The number of rotatable bonds is 3. The molecule has 3 rings (SSSR count). The van der Waals surface area contributed by atoms with E-state index in [1.165, 1.54) is 4.90 Å². The summed E-state index contributed by atoms with van der Waals surface area (Å²) < 4.78 is 11.1. The zero-order valence-electron chi connectivity index (χ0n) is 10.8. The predicted octanol–water partition coefficient (Wildman–Crippen LogP) is 1.81. The quantitative estimate of drug-likeness (QED) is 0.622. The Morgan fingerprint density at radius 1 is 1.10 bits per heavy atom. The molecule has 106 valence electrons. The number of fused-ring (bicyclic) bond motifs is 1. The molecule has 1 aromatic rings. The second kappa shape index (κ2) is 5.63. The predicted molar refractivity (Wildman–Crippen MR) is 74.8 cm³/mol. The number of carbonyl (C=O) groups is 2. The van der Waals surface area contributed by atoms with E-state index in [0.717, 1.165) is 11.8 Å². The van der Waals surface area contributed by atoms with Gasteiger partial charge in [-0.15, -0.1) is 0 Å². The van der Waals surface area contributed by atoms with Crippen molar-refractivity contribution in [3.8, 4) is 0 Å². The molecule has 2 heterocycles. The molecule has 2 aliphatic heterocycles. The number of carbonyl (C=O) groups excluding carboxylic acids is 2. The maximum Gasteiger partial charge on any atom is 0.261 e. The molecule has 20 heavy (non-hydrogen) atoms. The summed E-state index contributed by atoms with van der Waals surface area (Å²) in [4.78, 5) is 25.9. The van der Waals surface area contributed by atoms with Crippen LogP contribution >= 0.6 is 15.9 Å². The van der Waals surface area contributed by atoms with Gasteiger partial charge in [0.05, 0.1) is 30.4 Å². The molecular formula is C14H14BrNO4. The number of hydrogen-bond donors (Lipinski definition) is 0. The summed E-state index contributed by atoms with van der Waals surface area (Å²) in [6.07, 6.45) is 0.482. The van der Waals surface area contributed by atoms with E-state index in [-0.39, 0.29) is 24.1 Å². The number of alkyl halides is 1. The second-order valence-electron chi connectivity index (χ2n) is 4.75. The Labute approximate surface area is 125 Å². The second-order valence-corrected chi connectivity index (χ2v) is 5.55. The van der Waals surface area contributed by atoms with Gasteiger partial charge in [-0.2, -0.15) is 0 Å². The SMILES string of the molecule is O=C1c2ccccc2C(=O)N1C1COC(CCBr)OC1. The molecule has 0 radical (unpaired) electrons. The standard InChI is InChI=1S/C14H14BrNO4/c15-6-5-12-19-7-9(8-20-12)16-13(17)10-3-1-2-4-11(10)14(16)18/h1-4,9,12H,5-8H2. The van der Waals surface area contributed by atoms with Crippen LogP contribution in [0.15, 0.2) is 24.3 Å². The van der Waals surface area contributed by atoms with E-state index in [0.29, 0.717) is 24.3 Å². The number of nitrogens with zero attached hydrogens (tertiary/aromatic N) is 1.